The van der Waals surface area contributed by atoms with Crippen molar-refractivity contribution in [3.05, 3.63) is 66.0 Å². The molecule has 3 rings (SSSR count). The third-order valence-electron chi connectivity index (χ3n) is 4.79. The Balaban J connectivity index is 1.55. The van der Waals surface area contributed by atoms with Crippen LogP contribution in [0.15, 0.2) is 59.5 Å². The number of piperidine rings is 1. The second kappa shape index (κ2) is 9.97. The molecular weight excluding hydrogens is 433 g/mol. The molecular formula is C21H21F3N2O4S. The highest BCUT2D eigenvalue weighted by molar-refractivity contribution is 7.89. The minimum absolute atomic E-state index is 0.0278. The molecule has 0 spiro atoms. The second-order valence-corrected chi connectivity index (χ2v) is 8.64. The summed E-state index contributed by atoms with van der Waals surface area (Å²) in [6.07, 6.45) is 3.50. The number of hydrogen-bond donors (Lipinski definition) is 1. The van der Waals surface area contributed by atoms with Crippen LogP contribution in [-0.2, 0) is 14.8 Å². The summed E-state index contributed by atoms with van der Waals surface area (Å²) >= 11 is 0. The summed E-state index contributed by atoms with van der Waals surface area (Å²) in [5, 5.41) is 0. The van der Waals surface area contributed by atoms with Crippen LogP contribution in [-0.4, -0.2) is 45.0 Å². The molecule has 166 valence electrons. The van der Waals surface area contributed by atoms with Crippen LogP contribution in [0.25, 0.3) is 6.08 Å². The van der Waals surface area contributed by atoms with E-state index in [1.165, 1.54) is 30.4 Å². The van der Waals surface area contributed by atoms with Gasteiger partial charge in [0.2, 0.25) is 15.9 Å². The summed E-state index contributed by atoms with van der Waals surface area (Å²) in [7, 11) is -3.78. The normalized spacial score (nSPS) is 15.5. The predicted molar refractivity (Wildman–Crippen MR) is 108 cm³/mol. The Bertz CT molecular complexity index is 1030. The van der Waals surface area contributed by atoms with Gasteiger partial charge in [0.05, 0.1) is 4.90 Å². The fourth-order valence-corrected chi connectivity index (χ4v) is 4.51. The number of rotatable bonds is 7. The number of para-hydroxylation sites is 1. The van der Waals surface area contributed by atoms with Gasteiger partial charge in [-0.25, -0.2) is 17.5 Å². The van der Waals surface area contributed by atoms with Crippen molar-refractivity contribution >= 4 is 22.0 Å². The fourth-order valence-electron chi connectivity index (χ4n) is 3.21. The largest absolute Gasteiger partial charge is 0.434 e. The minimum atomic E-state index is -3.78. The van der Waals surface area contributed by atoms with Crippen LogP contribution in [0.2, 0.25) is 0 Å². The van der Waals surface area contributed by atoms with Crippen molar-refractivity contribution in [2.75, 3.05) is 13.1 Å². The predicted octanol–water partition coefficient (Wildman–Crippen LogP) is 3.41. The van der Waals surface area contributed by atoms with Crippen molar-refractivity contribution in [3.8, 4) is 5.75 Å². The van der Waals surface area contributed by atoms with Gasteiger partial charge in [-0.3, -0.25) is 4.79 Å². The number of ether oxygens (including phenoxy) is 1. The van der Waals surface area contributed by atoms with Crippen molar-refractivity contribution in [2.45, 2.75) is 30.4 Å². The van der Waals surface area contributed by atoms with E-state index in [1.54, 1.807) is 23.1 Å². The summed E-state index contributed by atoms with van der Waals surface area (Å²) < 4.78 is 69.8. The van der Waals surface area contributed by atoms with Gasteiger partial charge < -0.3 is 9.64 Å². The van der Waals surface area contributed by atoms with E-state index in [-0.39, 0.29) is 22.6 Å². The highest BCUT2D eigenvalue weighted by atomic mass is 32.2. The second-order valence-electron chi connectivity index (χ2n) is 6.92. The highest BCUT2D eigenvalue weighted by Crippen LogP contribution is 2.22. The van der Waals surface area contributed by atoms with Crippen LogP contribution in [0.1, 0.15) is 18.4 Å². The van der Waals surface area contributed by atoms with Crippen molar-refractivity contribution < 1.29 is 31.1 Å². The Labute approximate surface area is 178 Å². The molecule has 1 N–H and O–H groups in total. The highest BCUT2D eigenvalue weighted by Gasteiger charge is 2.26. The van der Waals surface area contributed by atoms with Gasteiger partial charge in [0.25, 0.3) is 0 Å². The van der Waals surface area contributed by atoms with Gasteiger partial charge in [0.15, 0.2) is 0 Å². The molecule has 31 heavy (non-hydrogen) atoms. The number of halogens is 3. The molecule has 1 heterocycles. The Morgan fingerprint density at radius 3 is 2.39 bits per heavy atom. The van der Waals surface area contributed by atoms with Gasteiger partial charge in [-0.15, -0.1) is 0 Å². The standard InChI is InChI=1S/C21H21F3N2O4S/c22-16-6-8-18(9-7-16)31(28,29)25-17-11-13-26(14-12-17)20(27)10-5-15-3-1-2-4-19(15)30-21(23)24/h1-10,17,21,25H,11-14H2/b10-5+. The van der Waals surface area contributed by atoms with Crippen LogP contribution in [0.3, 0.4) is 0 Å². The number of nitrogens with one attached hydrogen (secondary N) is 1. The summed E-state index contributed by atoms with van der Waals surface area (Å²) in [5.41, 5.74) is 0.345. The zero-order chi connectivity index (χ0) is 22.4. The Morgan fingerprint density at radius 2 is 1.74 bits per heavy atom. The molecule has 6 nitrogen and oxygen atoms in total. The number of carbonyl (C=O) groups excluding carboxylic acids is 1. The van der Waals surface area contributed by atoms with Crippen LogP contribution in [0.5, 0.6) is 5.75 Å². The number of alkyl halides is 2. The molecule has 0 radical (unpaired) electrons. The number of likely N-dealkylation sites (tertiary alicyclic amines) is 1. The summed E-state index contributed by atoms with van der Waals surface area (Å²) in [5.74, 6) is -0.871. The van der Waals surface area contributed by atoms with Crippen molar-refractivity contribution in [1.29, 1.82) is 0 Å². The molecule has 0 unspecified atom stereocenters. The smallest absolute Gasteiger partial charge is 0.387 e. The molecule has 1 aliphatic heterocycles. The average Bonchev–Trinajstić information content (AvgIpc) is 2.73. The van der Waals surface area contributed by atoms with Gasteiger partial charge >= 0.3 is 6.61 Å². The van der Waals surface area contributed by atoms with Crippen LogP contribution >= 0.6 is 0 Å². The third kappa shape index (κ3) is 6.31. The van der Waals surface area contributed by atoms with Gasteiger partial charge in [0.1, 0.15) is 11.6 Å². The van der Waals surface area contributed by atoms with E-state index in [1.807, 2.05) is 0 Å². The van der Waals surface area contributed by atoms with E-state index in [9.17, 15) is 26.4 Å². The lowest BCUT2D eigenvalue weighted by molar-refractivity contribution is -0.126. The Hall–Kier alpha value is -2.85. The number of sulfonamides is 1. The van der Waals surface area contributed by atoms with E-state index in [4.69, 9.17) is 0 Å². The summed E-state index contributed by atoms with van der Waals surface area (Å²) in [4.78, 5) is 13.9. The lowest BCUT2D eigenvalue weighted by atomic mass is 10.1. The van der Waals surface area contributed by atoms with E-state index in [0.717, 1.165) is 12.1 Å². The molecule has 1 amide bonds. The monoisotopic (exact) mass is 454 g/mol. The number of amides is 1. The molecule has 0 saturated carbocycles. The van der Waals surface area contributed by atoms with Crippen LogP contribution in [0.4, 0.5) is 13.2 Å². The molecule has 1 aliphatic rings. The molecule has 0 aliphatic carbocycles. The van der Waals surface area contributed by atoms with Crippen LogP contribution < -0.4 is 9.46 Å². The topological polar surface area (TPSA) is 75.7 Å². The van der Waals surface area contributed by atoms with Gasteiger partial charge in [0, 0.05) is 30.8 Å². The van der Waals surface area contributed by atoms with Crippen LogP contribution in [0, 0.1) is 5.82 Å². The zero-order valence-corrected chi connectivity index (χ0v) is 17.2. The maximum Gasteiger partial charge on any atom is 0.387 e. The molecule has 1 saturated heterocycles. The lowest BCUT2D eigenvalue weighted by Crippen LogP contribution is -2.46. The Kier molecular flexibility index (Phi) is 7.34. The minimum Gasteiger partial charge on any atom is -0.434 e. The van der Waals surface area contributed by atoms with Crippen molar-refractivity contribution in [1.82, 2.24) is 9.62 Å². The first-order chi connectivity index (χ1) is 14.7. The molecule has 10 heteroatoms. The quantitative estimate of drug-likeness (QED) is 0.651. The molecule has 0 aromatic heterocycles. The van der Waals surface area contributed by atoms with Crippen molar-refractivity contribution in [2.24, 2.45) is 0 Å². The molecule has 0 bridgehead atoms. The van der Waals surface area contributed by atoms with E-state index in [2.05, 4.69) is 9.46 Å². The molecule has 2 aromatic rings. The fraction of sp³-hybridized carbons (Fsp3) is 0.286. The number of nitrogens with zero attached hydrogens (tertiary/aromatic N) is 1. The SMILES string of the molecule is O=C(/C=C/c1ccccc1OC(F)F)N1CCC(NS(=O)(=O)c2ccc(F)cc2)CC1. The maximum absolute atomic E-state index is 13.0. The third-order valence-corrected chi connectivity index (χ3v) is 6.33. The summed E-state index contributed by atoms with van der Waals surface area (Å²) in [6, 6.07) is 10.3. The number of hydrogen-bond acceptors (Lipinski definition) is 4. The molecule has 0 atom stereocenters. The molecule has 2 aromatic carbocycles. The van der Waals surface area contributed by atoms with E-state index >= 15 is 0 Å². The van der Waals surface area contributed by atoms with Gasteiger partial charge in [-0.05, 0) is 49.2 Å². The first-order valence-corrected chi connectivity index (χ1v) is 11.0. The Morgan fingerprint density at radius 1 is 1.10 bits per heavy atom. The average molecular weight is 454 g/mol. The van der Waals surface area contributed by atoms with E-state index < -0.39 is 22.5 Å². The van der Waals surface area contributed by atoms with Gasteiger partial charge in [-0.1, -0.05) is 18.2 Å². The number of carbonyl (C=O) groups is 1. The maximum atomic E-state index is 13.0. The lowest BCUT2D eigenvalue weighted by Gasteiger charge is -2.31. The number of benzene rings is 2. The first kappa shape index (κ1) is 22.8. The first-order valence-electron chi connectivity index (χ1n) is 9.53. The van der Waals surface area contributed by atoms with Crippen molar-refractivity contribution in [3.63, 3.8) is 0 Å². The molecule has 1 fully saturated rings. The zero-order valence-electron chi connectivity index (χ0n) is 16.4. The van der Waals surface area contributed by atoms with E-state index in [0.29, 0.717) is 31.5 Å². The van der Waals surface area contributed by atoms with Gasteiger partial charge in [-0.2, -0.15) is 8.78 Å². The summed E-state index contributed by atoms with van der Waals surface area (Å²) in [6.45, 7) is -2.31.